The zero-order valence-electron chi connectivity index (χ0n) is 11.3. The number of hydrogen-bond donors (Lipinski definition) is 1. The summed E-state index contributed by atoms with van der Waals surface area (Å²) in [5.74, 6) is 0. The van der Waals surface area contributed by atoms with Crippen LogP contribution in [-0.4, -0.2) is 43.1 Å². The molecule has 1 aromatic carbocycles. The molecule has 0 aliphatic carbocycles. The Bertz CT molecular complexity index is 581. The number of nitrogens with zero attached hydrogens (tertiary/aromatic N) is 3. The Morgan fingerprint density at radius 2 is 2.00 bits per heavy atom. The second-order valence-corrected chi connectivity index (χ2v) is 5.22. The van der Waals surface area contributed by atoms with Crippen molar-refractivity contribution in [1.82, 2.24) is 9.88 Å². The predicted octanol–water partition coefficient (Wildman–Crippen LogP) is 1.96. The molecular formula is C15H20N4. The van der Waals surface area contributed by atoms with Crippen LogP contribution in [0.1, 0.15) is 6.42 Å². The Kier molecular flexibility index (Phi) is 3.25. The second-order valence-electron chi connectivity index (χ2n) is 5.22. The van der Waals surface area contributed by atoms with Gasteiger partial charge in [0.25, 0.3) is 0 Å². The van der Waals surface area contributed by atoms with Crippen LogP contribution < -0.4 is 10.6 Å². The number of fused-ring (bicyclic) bond motifs is 1. The summed E-state index contributed by atoms with van der Waals surface area (Å²) < 4.78 is 0. The smallest absolute Gasteiger partial charge is 0.0951 e. The maximum atomic E-state index is 6.02. The molecule has 4 nitrogen and oxygen atoms in total. The highest BCUT2D eigenvalue weighted by atomic mass is 15.2. The summed E-state index contributed by atoms with van der Waals surface area (Å²) in [5.41, 5.74) is 8.95. The zero-order chi connectivity index (χ0) is 13.2. The van der Waals surface area contributed by atoms with Crippen molar-refractivity contribution in [2.45, 2.75) is 6.42 Å². The highest BCUT2D eigenvalue weighted by Crippen LogP contribution is 2.29. The molecule has 100 valence electrons. The molecule has 0 saturated carbocycles. The summed E-state index contributed by atoms with van der Waals surface area (Å²) in [6.45, 7) is 4.43. The van der Waals surface area contributed by atoms with Gasteiger partial charge in [0.1, 0.15) is 0 Å². The van der Waals surface area contributed by atoms with E-state index in [1.165, 1.54) is 18.7 Å². The van der Waals surface area contributed by atoms with E-state index in [4.69, 9.17) is 5.73 Å². The van der Waals surface area contributed by atoms with Gasteiger partial charge in [-0.2, -0.15) is 0 Å². The van der Waals surface area contributed by atoms with Gasteiger partial charge in [0.2, 0.25) is 0 Å². The van der Waals surface area contributed by atoms with Crippen LogP contribution in [0, 0.1) is 0 Å². The van der Waals surface area contributed by atoms with Gasteiger partial charge in [-0.05, 0) is 44.3 Å². The molecule has 2 aromatic rings. The summed E-state index contributed by atoms with van der Waals surface area (Å²) >= 11 is 0. The number of hydrogen-bond acceptors (Lipinski definition) is 4. The molecule has 0 spiro atoms. The summed E-state index contributed by atoms with van der Waals surface area (Å²) in [6, 6.07) is 8.20. The highest BCUT2D eigenvalue weighted by molar-refractivity contribution is 5.98. The lowest BCUT2D eigenvalue weighted by Gasteiger charge is -2.24. The van der Waals surface area contributed by atoms with Gasteiger partial charge in [0.05, 0.1) is 11.2 Å². The first-order valence-corrected chi connectivity index (χ1v) is 6.82. The number of aromatic nitrogens is 1. The van der Waals surface area contributed by atoms with Crippen LogP contribution in [0.5, 0.6) is 0 Å². The molecule has 1 aliphatic heterocycles. The minimum absolute atomic E-state index is 0.756. The van der Waals surface area contributed by atoms with Crippen molar-refractivity contribution in [1.29, 1.82) is 0 Å². The number of rotatable bonds is 1. The summed E-state index contributed by atoms with van der Waals surface area (Å²) in [7, 11) is 2.19. The first kappa shape index (κ1) is 12.2. The van der Waals surface area contributed by atoms with Crippen molar-refractivity contribution < 1.29 is 0 Å². The van der Waals surface area contributed by atoms with Crippen molar-refractivity contribution in [3.63, 3.8) is 0 Å². The Morgan fingerprint density at radius 3 is 2.89 bits per heavy atom. The van der Waals surface area contributed by atoms with Crippen LogP contribution in [0.25, 0.3) is 10.9 Å². The Morgan fingerprint density at radius 1 is 1.11 bits per heavy atom. The SMILES string of the molecule is CN1CCCN(c2ccc(N)c3ncccc23)CC1. The van der Waals surface area contributed by atoms with Gasteiger partial charge < -0.3 is 15.5 Å². The lowest BCUT2D eigenvalue weighted by Crippen LogP contribution is -2.28. The summed E-state index contributed by atoms with van der Waals surface area (Å²) in [4.78, 5) is 9.25. The van der Waals surface area contributed by atoms with Gasteiger partial charge in [0.15, 0.2) is 0 Å². The number of pyridine rings is 1. The van der Waals surface area contributed by atoms with Gasteiger partial charge >= 0.3 is 0 Å². The lowest BCUT2D eigenvalue weighted by atomic mass is 10.1. The van der Waals surface area contributed by atoms with E-state index in [1.54, 1.807) is 6.20 Å². The molecule has 0 atom stereocenters. The highest BCUT2D eigenvalue weighted by Gasteiger charge is 2.15. The molecule has 1 aliphatic rings. The van der Waals surface area contributed by atoms with E-state index in [-0.39, 0.29) is 0 Å². The average Bonchev–Trinajstić information content (AvgIpc) is 2.65. The molecule has 0 unspecified atom stereocenters. The maximum Gasteiger partial charge on any atom is 0.0951 e. The fourth-order valence-electron chi connectivity index (χ4n) is 2.74. The third-order valence-electron chi connectivity index (χ3n) is 3.84. The van der Waals surface area contributed by atoms with Crippen LogP contribution in [0.2, 0.25) is 0 Å². The van der Waals surface area contributed by atoms with Gasteiger partial charge in [0, 0.05) is 36.9 Å². The molecule has 1 saturated heterocycles. The van der Waals surface area contributed by atoms with E-state index in [0.717, 1.165) is 36.2 Å². The molecule has 0 radical (unpaired) electrons. The Hall–Kier alpha value is -1.81. The van der Waals surface area contributed by atoms with E-state index in [9.17, 15) is 0 Å². The molecule has 0 bridgehead atoms. The van der Waals surface area contributed by atoms with Crippen LogP contribution >= 0.6 is 0 Å². The minimum atomic E-state index is 0.756. The van der Waals surface area contributed by atoms with E-state index in [0.29, 0.717) is 0 Å². The molecule has 4 heteroatoms. The Balaban J connectivity index is 2.02. The first-order valence-electron chi connectivity index (χ1n) is 6.82. The molecule has 1 fully saturated rings. The maximum absolute atomic E-state index is 6.02. The van der Waals surface area contributed by atoms with Crippen molar-refractivity contribution in [3.05, 3.63) is 30.5 Å². The van der Waals surface area contributed by atoms with Crippen molar-refractivity contribution in [2.24, 2.45) is 0 Å². The fraction of sp³-hybridized carbons (Fsp3) is 0.400. The van der Waals surface area contributed by atoms with Gasteiger partial charge in [-0.1, -0.05) is 0 Å². The lowest BCUT2D eigenvalue weighted by molar-refractivity contribution is 0.360. The molecular weight excluding hydrogens is 236 g/mol. The summed E-state index contributed by atoms with van der Waals surface area (Å²) in [6.07, 6.45) is 3.00. The van der Waals surface area contributed by atoms with Crippen LogP contribution in [-0.2, 0) is 0 Å². The quantitative estimate of drug-likeness (QED) is 0.792. The van der Waals surface area contributed by atoms with Crippen LogP contribution in [0.4, 0.5) is 11.4 Å². The number of benzene rings is 1. The van der Waals surface area contributed by atoms with Crippen molar-refractivity contribution in [3.8, 4) is 0 Å². The predicted molar refractivity (Wildman–Crippen MR) is 80.5 cm³/mol. The monoisotopic (exact) mass is 256 g/mol. The van der Waals surface area contributed by atoms with Crippen molar-refractivity contribution in [2.75, 3.05) is 43.9 Å². The molecule has 19 heavy (non-hydrogen) atoms. The molecule has 2 N–H and O–H groups in total. The first-order chi connectivity index (χ1) is 9.25. The fourth-order valence-corrected chi connectivity index (χ4v) is 2.74. The zero-order valence-corrected chi connectivity index (χ0v) is 11.3. The van der Waals surface area contributed by atoms with E-state index >= 15 is 0 Å². The number of nitrogens with two attached hydrogens (primary N) is 1. The van der Waals surface area contributed by atoms with Crippen LogP contribution in [0.15, 0.2) is 30.5 Å². The molecule has 0 amide bonds. The van der Waals surface area contributed by atoms with Crippen molar-refractivity contribution >= 4 is 22.3 Å². The third-order valence-corrected chi connectivity index (χ3v) is 3.84. The van der Waals surface area contributed by atoms with Crippen LogP contribution in [0.3, 0.4) is 0 Å². The van der Waals surface area contributed by atoms with E-state index in [2.05, 4.69) is 34.0 Å². The van der Waals surface area contributed by atoms with Gasteiger partial charge in [-0.15, -0.1) is 0 Å². The number of likely N-dealkylation sites (N-methyl/N-ethyl adjacent to an activating group) is 1. The average molecular weight is 256 g/mol. The molecule has 2 heterocycles. The topological polar surface area (TPSA) is 45.4 Å². The molecule has 3 rings (SSSR count). The Labute approximate surface area is 113 Å². The number of anilines is 2. The third kappa shape index (κ3) is 2.36. The van der Waals surface area contributed by atoms with Gasteiger partial charge in [-0.25, -0.2) is 0 Å². The van der Waals surface area contributed by atoms with E-state index < -0.39 is 0 Å². The molecule has 1 aromatic heterocycles. The second kappa shape index (κ2) is 5.05. The summed E-state index contributed by atoms with van der Waals surface area (Å²) in [5, 5.41) is 1.16. The normalized spacial score (nSPS) is 17.6. The number of nitrogen functional groups attached to an aromatic ring is 1. The minimum Gasteiger partial charge on any atom is -0.397 e. The largest absolute Gasteiger partial charge is 0.397 e. The van der Waals surface area contributed by atoms with Gasteiger partial charge in [-0.3, -0.25) is 4.98 Å². The van der Waals surface area contributed by atoms with E-state index in [1.807, 2.05) is 12.1 Å². The standard InChI is InChI=1S/C15H20N4/c1-18-8-3-9-19(11-10-18)14-6-5-13(16)15-12(14)4-2-7-17-15/h2,4-7H,3,8-11,16H2,1H3.